The molecular formula is C21H21N3O4. The summed E-state index contributed by atoms with van der Waals surface area (Å²) in [6.07, 6.45) is 1.87. The van der Waals surface area contributed by atoms with Crippen molar-refractivity contribution in [2.45, 2.75) is 19.4 Å². The standard InChI is InChI=1S/C21H21N3O4/c1-22(14-17-12-15-6-2-3-7-20(15)28-17)16-8-9-19(24(26)27)18(13-16)21(25)23-10-4-5-11-23/h2-3,6-9,12-13H,4-5,10-11,14H2,1H3. The SMILES string of the molecule is CN(Cc1cc2ccccc2o1)c1ccc([N+](=O)[O-])c(C(=O)N2CCCC2)c1. The number of anilines is 1. The second-order valence-corrected chi connectivity index (χ2v) is 7.06. The molecule has 28 heavy (non-hydrogen) atoms. The minimum absolute atomic E-state index is 0.140. The first-order valence-corrected chi connectivity index (χ1v) is 9.29. The van der Waals surface area contributed by atoms with Crippen LogP contribution in [0.2, 0.25) is 0 Å². The molecule has 1 aromatic heterocycles. The molecule has 2 heterocycles. The van der Waals surface area contributed by atoms with Gasteiger partial charge in [-0.05, 0) is 37.1 Å². The van der Waals surface area contributed by atoms with Gasteiger partial charge >= 0.3 is 0 Å². The van der Waals surface area contributed by atoms with Crippen LogP contribution in [0, 0.1) is 10.1 Å². The Labute approximate surface area is 162 Å². The molecule has 0 spiro atoms. The summed E-state index contributed by atoms with van der Waals surface area (Å²) >= 11 is 0. The summed E-state index contributed by atoms with van der Waals surface area (Å²) in [7, 11) is 1.87. The van der Waals surface area contributed by atoms with Gasteiger partial charge in [0.1, 0.15) is 16.9 Å². The van der Waals surface area contributed by atoms with Crippen molar-refractivity contribution in [1.29, 1.82) is 0 Å². The van der Waals surface area contributed by atoms with Gasteiger partial charge in [-0.25, -0.2) is 0 Å². The normalized spacial score (nSPS) is 13.8. The molecule has 0 radical (unpaired) electrons. The number of hydrogen-bond acceptors (Lipinski definition) is 5. The van der Waals surface area contributed by atoms with Crippen LogP contribution in [0.5, 0.6) is 0 Å². The van der Waals surface area contributed by atoms with E-state index in [1.807, 2.05) is 42.3 Å². The van der Waals surface area contributed by atoms with E-state index in [-0.39, 0.29) is 17.2 Å². The number of carbonyl (C=O) groups excluding carboxylic acids is 1. The molecule has 1 aliphatic heterocycles. The van der Waals surface area contributed by atoms with E-state index < -0.39 is 4.92 Å². The Morgan fingerprint density at radius 1 is 1.18 bits per heavy atom. The quantitative estimate of drug-likeness (QED) is 0.490. The van der Waals surface area contributed by atoms with E-state index in [2.05, 4.69) is 0 Å². The Morgan fingerprint density at radius 2 is 1.93 bits per heavy atom. The molecule has 0 unspecified atom stereocenters. The van der Waals surface area contributed by atoms with Crippen molar-refractivity contribution in [2.24, 2.45) is 0 Å². The molecule has 0 aliphatic carbocycles. The van der Waals surface area contributed by atoms with Crippen molar-refractivity contribution in [1.82, 2.24) is 4.90 Å². The number of furan rings is 1. The van der Waals surface area contributed by atoms with Crippen LogP contribution >= 0.6 is 0 Å². The number of carbonyl (C=O) groups is 1. The zero-order chi connectivity index (χ0) is 19.7. The molecule has 144 valence electrons. The summed E-state index contributed by atoms with van der Waals surface area (Å²) in [5, 5.41) is 12.4. The summed E-state index contributed by atoms with van der Waals surface area (Å²) in [6, 6.07) is 14.5. The summed E-state index contributed by atoms with van der Waals surface area (Å²) in [6.45, 7) is 1.79. The largest absolute Gasteiger partial charge is 0.459 e. The van der Waals surface area contributed by atoms with Gasteiger partial charge in [-0.3, -0.25) is 14.9 Å². The molecule has 0 atom stereocenters. The number of benzene rings is 2. The van der Waals surface area contributed by atoms with Gasteiger partial charge in [0.05, 0.1) is 11.5 Å². The third kappa shape index (κ3) is 3.43. The maximum atomic E-state index is 12.8. The Bertz CT molecular complexity index is 1000. The number of amides is 1. The number of fused-ring (bicyclic) bond motifs is 1. The number of hydrogen-bond donors (Lipinski definition) is 0. The molecule has 7 nitrogen and oxygen atoms in total. The van der Waals surface area contributed by atoms with Gasteiger partial charge in [-0.1, -0.05) is 18.2 Å². The first kappa shape index (κ1) is 18.0. The molecule has 0 N–H and O–H groups in total. The Morgan fingerprint density at radius 3 is 2.64 bits per heavy atom. The second-order valence-electron chi connectivity index (χ2n) is 7.06. The minimum Gasteiger partial charge on any atom is -0.459 e. The van der Waals surface area contributed by atoms with Crippen LogP contribution in [0.25, 0.3) is 11.0 Å². The molecule has 3 aromatic rings. The number of para-hydroxylation sites is 1. The van der Waals surface area contributed by atoms with Crippen molar-refractivity contribution < 1.29 is 14.1 Å². The summed E-state index contributed by atoms with van der Waals surface area (Å²) in [5.74, 6) is 0.512. The second kappa shape index (κ2) is 7.34. The van der Waals surface area contributed by atoms with Crippen LogP contribution in [0.15, 0.2) is 52.9 Å². The van der Waals surface area contributed by atoms with E-state index in [9.17, 15) is 14.9 Å². The third-order valence-electron chi connectivity index (χ3n) is 5.11. The Hall–Kier alpha value is -3.35. The summed E-state index contributed by atoms with van der Waals surface area (Å²) < 4.78 is 5.86. The predicted octanol–water partition coefficient (Wildman–Crippen LogP) is 4.21. The fourth-order valence-corrected chi connectivity index (χ4v) is 3.62. The molecule has 1 aliphatic rings. The zero-order valence-electron chi connectivity index (χ0n) is 15.6. The van der Waals surface area contributed by atoms with Gasteiger partial charge in [0, 0.05) is 37.3 Å². The van der Waals surface area contributed by atoms with Crippen LogP contribution in [0.3, 0.4) is 0 Å². The molecule has 7 heteroatoms. The van der Waals surface area contributed by atoms with Crippen LogP contribution in [-0.2, 0) is 6.54 Å². The van der Waals surface area contributed by atoms with Crippen LogP contribution in [0.1, 0.15) is 29.0 Å². The molecule has 4 rings (SSSR count). The van der Waals surface area contributed by atoms with Crippen molar-refractivity contribution in [3.05, 3.63) is 70.0 Å². The highest BCUT2D eigenvalue weighted by atomic mass is 16.6. The fraction of sp³-hybridized carbons (Fsp3) is 0.286. The Balaban J connectivity index is 1.62. The van der Waals surface area contributed by atoms with Crippen LogP contribution < -0.4 is 4.90 Å². The summed E-state index contributed by atoms with van der Waals surface area (Å²) in [4.78, 5) is 27.3. The minimum atomic E-state index is -0.494. The van der Waals surface area contributed by atoms with Gasteiger partial charge in [-0.15, -0.1) is 0 Å². The molecular weight excluding hydrogens is 358 g/mol. The van der Waals surface area contributed by atoms with Gasteiger partial charge < -0.3 is 14.2 Å². The molecule has 1 amide bonds. The average molecular weight is 379 g/mol. The van der Waals surface area contributed by atoms with E-state index >= 15 is 0 Å². The van der Waals surface area contributed by atoms with E-state index in [0.717, 1.165) is 35.3 Å². The number of nitrogens with zero attached hydrogens (tertiary/aromatic N) is 3. The average Bonchev–Trinajstić information content (AvgIpc) is 3.36. The first-order valence-electron chi connectivity index (χ1n) is 9.29. The number of nitro groups is 1. The zero-order valence-corrected chi connectivity index (χ0v) is 15.6. The predicted molar refractivity (Wildman–Crippen MR) is 107 cm³/mol. The number of rotatable bonds is 5. The monoisotopic (exact) mass is 379 g/mol. The highest BCUT2D eigenvalue weighted by molar-refractivity contribution is 5.99. The van der Waals surface area contributed by atoms with Crippen LogP contribution in [0.4, 0.5) is 11.4 Å². The smallest absolute Gasteiger partial charge is 0.282 e. The van der Waals surface area contributed by atoms with Gasteiger partial charge in [0.2, 0.25) is 0 Å². The van der Waals surface area contributed by atoms with E-state index in [4.69, 9.17) is 4.42 Å². The first-order chi connectivity index (χ1) is 13.5. The highest BCUT2D eigenvalue weighted by Crippen LogP contribution is 2.28. The van der Waals surface area contributed by atoms with E-state index in [0.29, 0.717) is 19.6 Å². The lowest BCUT2D eigenvalue weighted by molar-refractivity contribution is -0.385. The molecule has 1 fully saturated rings. The highest BCUT2D eigenvalue weighted by Gasteiger charge is 2.27. The topological polar surface area (TPSA) is 79.8 Å². The van der Waals surface area contributed by atoms with Crippen LogP contribution in [-0.4, -0.2) is 35.9 Å². The van der Waals surface area contributed by atoms with E-state index in [1.165, 1.54) is 6.07 Å². The maximum Gasteiger partial charge on any atom is 0.282 e. The van der Waals surface area contributed by atoms with Crippen molar-refractivity contribution in [2.75, 3.05) is 25.0 Å². The molecule has 2 aromatic carbocycles. The summed E-state index contributed by atoms with van der Waals surface area (Å²) in [5.41, 5.74) is 1.53. The van der Waals surface area contributed by atoms with Crippen molar-refractivity contribution in [3.8, 4) is 0 Å². The Kier molecular flexibility index (Phi) is 4.73. The van der Waals surface area contributed by atoms with E-state index in [1.54, 1.807) is 17.0 Å². The van der Waals surface area contributed by atoms with Gasteiger partial charge in [0.25, 0.3) is 11.6 Å². The lowest BCUT2D eigenvalue weighted by Crippen LogP contribution is -2.28. The van der Waals surface area contributed by atoms with Crippen molar-refractivity contribution >= 4 is 28.3 Å². The van der Waals surface area contributed by atoms with Gasteiger partial charge in [0.15, 0.2) is 0 Å². The molecule has 0 saturated carbocycles. The molecule has 0 bridgehead atoms. The van der Waals surface area contributed by atoms with Gasteiger partial charge in [-0.2, -0.15) is 0 Å². The lowest BCUT2D eigenvalue weighted by Gasteiger charge is -2.20. The third-order valence-corrected chi connectivity index (χ3v) is 5.11. The number of likely N-dealkylation sites (tertiary alicyclic amines) is 1. The van der Waals surface area contributed by atoms with Crippen molar-refractivity contribution in [3.63, 3.8) is 0 Å². The number of nitro benzene ring substituents is 1. The molecule has 1 saturated heterocycles. The maximum absolute atomic E-state index is 12.8. The fourth-order valence-electron chi connectivity index (χ4n) is 3.62. The lowest BCUT2D eigenvalue weighted by atomic mass is 10.1.